The maximum atomic E-state index is 13.9. The molecule has 1 fully saturated rings. The molecule has 2 heterocycles. The molecular weight excluding hydrogens is 477 g/mol. The average Bonchev–Trinajstić information content (AvgIpc) is 3.21. The van der Waals surface area contributed by atoms with Crippen LogP contribution in [-0.4, -0.2) is 35.5 Å². The Morgan fingerprint density at radius 2 is 1.68 bits per heavy atom. The van der Waals surface area contributed by atoms with Crippen LogP contribution in [0.5, 0.6) is 5.75 Å². The molecule has 190 valence electrons. The third-order valence-electron chi connectivity index (χ3n) is 4.86. The van der Waals surface area contributed by atoms with Gasteiger partial charge in [-0.25, -0.2) is 22.9 Å². The van der Waals surface area contributed by atoms with Crippen LogP contribution >= 0.6 is 11.3 Å². The predicted octanol–water partition coefficient (Wildman–Crippen LogP) is 6.53. The Labute approximate surface area is 200 Å². The molecule has 3 rings (SSSR count). The number of hydrogen-bond donors (Lipinski definition) is 1. The van der Waals surface area contributed by atoms with E-state index in [4.69, 9.17) is 0 Å². The molecule has 1 N–H and O–H groups in total. The van der Waals surface area contributed by atoms with Crippen molar-refractivity contribution in [2.24, 2.45) is 5.92 Å². The molecule has 1 aromatic heterocycles. The molecule has 2 aromatic rings. The fourth-order valence-corrected chi connectivity index (χ4v) is 4.33. The monoisotopic (exact) mass is 507 g/mol. The van der Waals surface area contributed by atoms with Crippen molar-refractivity contribution in [1.82, 2.24) is 9.88 Å². The van der Waals surface area contributed by atoms with Crippen LogP contribution in [0.1, 0.15) is 68.1 Å². The van der Waals surface area contributed by atoms with Crippen molar-refractivity contribution < 1.29 is 31.5 Å². The number of benzene rings is 1. The highest BCUT2D eigenvalue weighted by atomic mass is 32.1. The van der Waals surface area contributed by atoms with Gasteiger partial charge in [0.05, 0.1) is 6.54 Å². The minimum absolute atomic E-state index is 0.0996. The van der Waals surface area contributed by atoms with E-state index in [0.29, 0.717) is 30.4 Å². The zero-order chi connectivity index (χ0) is 25.4. The Morgan fingerprint density at radius 1 is 1.09 bits per heavy atom. The summed E-state index contributed by atoms with van der Waals surface area (Å²) in [6.45, 7) is 11.0. The number of carbonyl (C=O) groups excluding carboxylic acids is 1. The summed E-state index contributed by atoms with van der Waals surface area (Å²) >= 11 is 0.959. The molecule has 1 aliphatic rings. The smallest absolute Gasteiger partial charge is 0.357 e. The largest absolute Gasteiger partial charge is 0.416 e. The highest BCUT2D eigenvalue weighted by Gasteiger charge is 2.30. The molecule has 1 atom stereocenters. The van der Waals surface area contributed by atoms with Crippen molar-refractivity contribution in [2.75, 3.05) is 25.0 Å². The van der Waals surface area contributed by atoms with Crippen molar-refractivity contribution in [2.45, 2.75) is 59.9 Å². The minimum Gasteiger partial charge on any atom is -0.416 e. The van der Waals surface area contributed by atoms with Gasteiger partial charge in [-0.3, -0.25) is 4.90 Å². The number of thiazole rings is 1. The van der Waals surface area contributed by atoms with Gasteiger partial charge in [0.25, 0.3) is 0 Å². The molecule has 0 radical (unpaired) electrons. The van der Waals surface area contributed by atoms with Gasteiger partial charge < -0.3 is 10.1 Å². The molecule has 1 aromatic carbocycles. The van der Waals surface area contributed by atoms with E-state index in [0.717, 1.165) is 37.3 Å². The quantitative estimate of drug-likeness (QED) is 0.152. The third-order valence-corrected chi connectivity index (χ3v) is 5.88. The Kier molecular flexibility index (Phi) is 10.7. The number of aromatic nitrogens is 1. The maximum Gasteiger partial charge on any atom is 0.357 e. The first kappa shape index (κ1) is 28.0. The number of hydrogen-bond acceptors (Lipinski definition) is 6. The summed E-state index contributed by atoms with van der Waals surface area (Å²) in [4.78, 5) is 19.1. The first-order valence-corrected chi connectivity index (χ1v) is 12.2. The van der Waals surface area contributed by atoms with Crippen LogP contribution in [0.3, 0.4) is 0 Å². The minimum atomic E-state index is -2.32. The summed E-state index contributed by atoms with van der Waals surface area (Å²) < 4.78 is 72.5. The van der Waals surface area contributed by atoms with E-state index in [1.54, 1.807) is 0 Å². The van der Waals surface area contributed by atoms with E-state index >= 15 is 0 Å². The number of nitrogens with one attached hydrogen (secondary N) is 1. The van der Waals surface area contributed by atoms with Gasteiger partial charge in [-0.15, -0.1) is 11.3 Å². The predicted molar refractivity (Wildman–Crippen MR) is 122 cm³/mol. The van der Waals surface area contributed by atoms with E-state index in [1.807, 2.05) is 6.92 Å². The van der Waals surface area contributed by atoms with Gasteiger partial charge >= 0.3 is 5.97 Å². The number of halogens is 5. The number of ether oxygens (including phenoxy) is 1. The first-order chi connectivity index (χ1) is 16.1. The maximum absolute atomic E-state index is 13.9. The average molecular weight is 508 g/mol. The third kappa shape index (κ3) is 6.88. The second-order valence-corrected chi connectivity index (χ2v) is 9.27. The van der Waals surface area contributed by atoms with Crippen molar-refractivity contribution in [3.63, 3.8) is 0 Å². The van der Waals surface area contributed by atoms with Gasteiger partial charge in [0.2, 0.25) is 34.8 Å². The molecule has 1 aliphatic heterocycles. The van der Waals surface area contributed by atoms with Crippen LogP contribution in [0.4, 0.5) is 27.8 Å². The molecule has 1 unspecified atom stereocenters. The second-order valence-electron chi connectivity index (χ2n) is 8.19. The van der Waals surface area contributed by atoms with Gasteiger partial charge in [-0.2, -0.15) is 8.78 Å². The summed E-state index contributed by atoms with van der Waals surface area (Å²) in [5.74, 6) is -13.3. The lowest BCUT2D eigenvalue weighted by Crippen LogP contribution is -2.33. The lowest BCUT2D eigenvalue weighted by Gasteiger charge is -2.29. The number of rotatable bonds is 7. The number of anilines is 1. The molecule has 0 aliphatic carbocycles. The Bertz CT molecular complexity index is 957. The first-order valence-electron chi connectivity index (χ1n) is 11.3. The zero-order valence-electron chi connectivity index (χ0n) is 19.7. The van der Waals surface area contributed by atoms with Gasteiger partial charge in [0.1, 0.15) is 5.01 Å². The van der Waals surface area contributed by atoms with Gasteiger partial charge in [-0.1, -0.05) is 34.1 Å². The lowest BCUT2D eigenvalue weighted by molar-refractivity contribution is 0.0721. The van der Waals surface area contributed by atoms with Crippen molar-refractivity contribution >= 4 is 23.1 Å². The molecule has 0 amide bonds. The normalized spacial score (nSPS) is 16.1. The number of carbonyl (C=O) groups is 1. The zero-order valence-corrected chi connectivity index (χ0v) is 20.6. The number of piperidine rings is 1. The van der Waals surface area contributed by atoms with Crippen LogP contribution in [0.15, 0.2) is 0 Å². The topological polar surface area (TPSA) is 54.5 Å². The Morgan fingerprint density at radius 3 is 2.24 bits per heavy atom. The molecule has 11 heteroatoms. The molecule has 5 nitrogen and oxygen atoms in total. The molecule has 34 heavy (non-hydrogen) atoms. The lowest BCUT2D eigenvalue weighted by atomic mass is 10.0. The number of nitrogens with zero attached hydrogens (tertiary/aromatic N) is 2. The van der Waals surface area contributed by atoms with Gasteiger partial charge in [0.15, 0.2) is 10.7 Å². The fourth-order valence-electron chi connectivity index (χ4n) is 3.37. The summed E-state index contributed by atoms with van der Waals surface area (Å²) in [6.07, 6.45) is 4.14. The summed E-state index contributed by atoms with van der Waals surface area (Å²) in [7, 11) is 0. The van der Waals surface area contributed by atoms with Gasteiger partial charge in [-0.05, 0) is 31.7 Å². The SMILES string of the molecule is CCC.CCCNc1nc(CN2CCCC(C)C2)sc1C(=O)Oc1c(F)c(F)c(F)c(F)c1F. The number of likely N-dealkylation sites (tertiary alicyclic amines) is 1. The van der Waals surface area contributed by atoms with E-state index in [-0.39, 0.29) is 10.7 Å². The van der Waals surface area contributed by atoms with Crippen LogP contribution in [0, 0.1) is 35.0 Å². The Balaban J connectivity index is 0.00000129. The fraction of sp³-hybridized carbons (Fsp3) is 0.565. The standard InChI is InChI=1S/C20H22F5N3O2S.C3H8/c1-3-6-26-19-18(31-11(27-19)9-28-7-4-5-10(2)8-28)20(29)30-17-15(24)13(22)12(21)14(23)16(17)25;1-3-2/h10,26H,3-9H2,1-2H3;3H2,1-2H3. The van der Waals surface area contributed by atoms with Crippen LogP contribution in [0.2, 0.25) is 0 Å². The highest BCUT2D eigenvalue weighted by Crippen LogP contribution is 2.32. The van der Waals surface area contributed by atoms with Crippen LogP contribution < -0.4 is 10.1 Å². The van der Waals surface area contributed by atoms with E-state index in [1.165, 1.54) is 6.42 Å². The van der Waals surface area contributed by atoms with E-state index in [9.17, 15) is 26.7 Å². The van der Waals surface area contributed by atoms with Crippen molar-refractivity contribution in [3.8, 4) is 5.75 Å². The summed E-state index contributed by atoms with van der Waals surface area (Å²) in [6, 6.07) is 0. The second kappa shape index (κ2) is 13.0. The van der Waals surface area contributed by atoms with E-state index in [2.05, 4.69) is 40.7 Å². The molecule has 0 spiro atoms. The number of esters is 1. The molecule has 1 saturated heterocycles. The van der Waals surface area contributed by atoms with Crippen molar-refractivity contribution in [1.29, 1.82) is 0 Å². The van der Waals surface area contributed by atoms with E-state index < -0.39 is 40.8 Å². The van der Waals surface area contributed by atoms with Gasteiger partial charge in [0, 0.05) is 13.1 Å². The Hall–Kier alpha value is -2.27. The van der Waals surface area contributed by atoms with Crippen molar-refractivity contribution in [3.05, 3.63) is 39.0 Å². The van der Waals surface area contributed by atoms with Crippen LogP contribution in [0.25, 0.3) is 0 Å². The molecule has 0 saturated carbocycles. The van der Waals surface area contributed by atoms with Crippen LogP contribution in [-0.2, 0) is 6.54 Å². The summed E-state index contributed by atoms with van der Waals surface area (Å²) in [5, 5.41) is 3.52. The molecule has 0 bridgehead atoms. The highest BCUT2D eigenvalue weighted by molar-refractivity contribution is 7.14. The molecular formula is C23H30F5N3O2S. The summed E-state index contributed by atoms with van der Waals surface area (Å²) in [5.41, 5.74) is 0.